The number of ether oxygens (including phenoxy) is 1. The second-order valence-corrected chi connectivity index (χ2v) is 7.58. The van der Waals surface area contributed by atoms with Crippen molar-refractivity contribution in [1.82, 2.24) is 0 Å². The molecule has 1 fully saturated rings. The highest BCUT2D eigenvalue weighted by Crippen LogP contribution is 2.21. The number of amides is 2. The fraction of sp³-hybridized carbons (Fsp3) is 0.176. The molecule has 25 heavy (non-hydrogen) atoms. The van der Waals surface area contributed by atoms with Gasteiger partial charge in [-0.05, 0) is 42.5 Å². The van der Waals surface area contributed by atoms with Gasteiger partial charge in [0, 0.05) is 23.2 Å². The lowest BCUT2D eigenvalue weighted by molar-refractivity contribution is 0.102. The maximum absolute atomic E-state index is 12.3. The summed E-state index contributed by atoms with van der Waals surface area (Å²) >= 11 is 0. The largest absolute Gasteiger partial charge is 0.447 e. The van der Waals surface area contributed by atoms with E-state index in [2.05, 4.69) is 5.32 Å². The zero-order valence-corrected chi connectivity index (χ0v) is 14.2. The fourth-order valence-corrected chi connectivity index (χ4v) is 3.09. The molecular weight excluding hydrogens is 344 g/mol. The average molecular weight is 360 g/mol. The van der Waals surface area contributed by atoms with E-state index >= 15 is 0 Å². The van der Waals surface area contributed by atoms with Gasteiger partial charge in [0.1, 0.15) is 6.61 Å². The standard InChI is InChI=1S/C17H16N2O5S/c1-25(22,23)15-4-2-3-12(11-15)16(20)18-13-5-7-14(8-6-13)19-9-10-24-17(19)21/h2-8,11H,9-10H2,1H3,(H,18,20). The normalized spacial score (nSPS) is 14.3. The summed E-state index contributed by atoms with van der Waals surface area (Å²) in [4.78, 5) is 25.4. The van der Waals surface area contributed by atoms with Crippen LogP contribution in [0.5, 0.6) is 0 Å². The zero-order valence-electron chi connectivity index (χ0n) is 13.4. The molecule has 2 aromatic rings. The van der Waals surface area contributed by atoms with E-state index in [4.69, 9.17) is 4.74 Å². The summed E-state index contributed by atoms with van der Waals surface area (Å²) < 4.78 is 28.0. The Morgan fingerprint density at radius 3 is 2.48 bits per heavy atom. The lowest BCUT2D eigenvalue weighted by atomic mass is 10.2. The van der Waals surface area contributed by atoms with Gasteiger partial charge in [-0.15, -0.1) is 0 Å². The van der Waals surface area contributed by atoms with Crippen LogP contribution in [0.1, 0.15) is 10.4 Å². The van der Waals surface area contributed by atoms with Crippen LogP contribution in [0, 0.1) is 0 Å². The van der Waals surface area contributed by atoms with Crippen molar-refractivity contribution in [3.05, 3.63) is 54.1 Å². The monoisotopic (exact) mass is 360 g/mol. The van der Waals surface area contributed by atoms with Gasteiger partial charge in [-0.25, -0.2) is 13.2 Å². The highest BCUT2D eigenvalue weighted by atomic mass is 32.2. The lowest BCUT2D eigenvalue weighted by Crippen LogP contribution is -2.23. The quantitative estimate of drug-likeness (QED) is 0.903. The van der Waals surface area contributed by atoms with Gasteiger partial charge >= 0.3 is 6.09 Å². The van der Waals surface area contributed by atoms with Crippen LogP contribution in [-0.4, -0.2) is 39.8 Å². The minimum atomic E-state index is -3.38. The van der Waals surface area contributed by atoms with Crippen LogP contribution in [0.25, 0.3) is 0 Å². The van der Waals surface area contributed by atoms with Gasteiger partial charge in [-0.2, -0.15) is 0 Å². The molecule has 7 nitrogen and oxygen atoms in total. The van der Waals surface area contributed by atoms with E-state index in [1.165, 1.54) is 23.1 Å². The topological polar surface area (TPSA) is 92.8 Å². The summed E-state index contributed by atoms with van der Waals surface area (Å²) in [5.41, 5.74) is 1.46. The molecule has 8 heteroatoms. The summed E-state index contributed by atoms with van der Waals surface area (Å²) in [6.07, 6.45) is 0.695. The van der Waals surface area contributed by atoms with Gasteiger partial charge in [-0.1, -0.05) is 6.07 Å². The SMILES string of the molecule is CS(=O)(=O)c1cccc(C(=O)Nc2ccc(N3CCOC3=O)cc2)c1. The van der Waals surface area contributed by atoms with Crippen molar-refractivity contribution >= 4 is 33.2 Å². The average Bonchev–Trinajstić information content (AvgIpc) is 3.01. The van der Waals surface area contributed by atoms with Crippen LogP contribution in [0.15, 0.2) is 53.4 Å². The van der Waals surface area contributed by atoms with Crippen molar-refractivity contribution < 1.29 is 22.7 Å². The van der Waals surface area contributed by atoms with Crippen LogP contribution < -0.4 is 10.2 Å². The minimum Gasteiger partial charge on any atom is -0.447 e. The molecule has 0 spiro atoms. The molecule has 1 N–H and O–H groups in total. The highest BCUT2D eigenvalue weighted by molar-refractivity contribution is 7.90. The maximum atomic E-state index is 12.3. The maximum Gasteiger partial charge on any atom is 0.414 e. The Hall–Kier alpha value is -2.87. The first-order chi connectivity index (χ1) is 11.8. The van der Waals surface area contributed by atoms with E-state index in [0.29, 0.717) is 24.5 Å². The van der Waals surface area contributed by atoms with Gasteiger partial charge in [0.15, 0.2) is 9.84 Å². The smallest absolute Gasteiger partial charge is 0.414 e. The van der Waals surface area contributed by atoms with E-state index in [1.54, 1.807) is 30.3 Å². The Morgan fingerprint density at radius 2 is 1.88 bits per heavy atom. The molecule has 3 rings (SSSR count). The van der Waals surface area contributed by atoms with Gasteiger partial charge in [-0.3, -0.25) is 9.69 Å². The van der Waals surface area contributed by atoms with Crippen LogP contribution in [0.4, 0.5) is 16.2 Å². The third-order valence-corrected chi connectivity index (χ3v) is 4.83. The van der Waals surface area contributed by atoms with Crippen molar-refractivity contribution in [2.24, 2.45) is 0 Å². The Balaban J connectivity index is 1.74. The number of benzene rings is 2. The summed E-state index contributed by atoms with van der Waals surface area (Å²) in [6.45, 7) is 0.844. The number of sulfone groups is 1. The summed E-state index contributed by atoms with van der Waals surface area (Å²) in [5.74, 6) is -0.418. The van der Waals surface area contributed by atoms with Gasteiger partial charge in [0.05, 0.1) is 11.4 Å². The number of cyclic esters (lactones) is 1. The second kappa shape index (κ2) is 6.56. The molecule has 1 aliphatic heterocycles. The van der Waals surface area contributed by atoms with Crippen molar-refractivity contribution in [2.45, 2.75) is 4.90 Å². The van der Waals surface area contributed by atoms with E-state index in [9.17, 15) is 18.0 Å². The highest BCUT2D eigenvalue weighted by Gasteiger charge is 2.23. The van der Waals surface area contributed by atoms with Crippen molar-refractivity contribution in [1.29, 1.82) is 0 Å². The molecule has 0 saturated carbocycles. The molecule has 0 aromatic heterocycles. The van der Waals surface area contributed by atoms with Gasteiger partial charge < -0.3 is 10.1 Å². The fourth-order valence-electron chi connectivity index (χ4n) is 2.42. The molecule has 0 unspecified atom stereocenters. The number of carbonyl (C=O) groups excluding carboxylic acids is 2. The third-order valence-electron chi connectivity index (χ3n) is 3.72. The first-order valence-electron chi connectivity index (χ1n) is 7.50. The number of nitrogens with one attached hydrogen (secondary N) is 1. The molecule has 1 heterocycles. The number of rotatable bonds is 4. The van der Waals surface area contributed by atoms with E-state index in [1.807, 2.05) is 0 Å². The molecule has 0 aliphatic carbocycles. The van der Waals surface area contributed by atoms with Gasteiger partial charge in [0.2, 0.25) is 0 Å². The van der Waals surface area contributed by atoms with Crippen molar-refractivity contribution in [2.75, 3.05) is 29.6 Å². The predicted molar refractivity (Wildman–Crippen MR) is 92.6 cm³/mol. The van der Waals surface area contributed by atoms with E-state index < -0.39 is 21.8 Å². The molecule has 0 bridgehead atoms. The number of hydrogen-bond acceptors (Lipinski definition) is 5. The van der Waals surface area contributed by atoms with Crippen LogP contribution in [-0.2, 0) is 14.6 Å². The Bertz CT molecular complexity index is 922. The van der Waals surface area contributed by atoms with Crippen molar-refractivity contribution in [3.63, 3.8) is 0 Å². The number of anilines is 2. The lowest BCUT2D eigenvalue weighted by Gasteiger charge is -2.13. The number of carbonyl (C=O) groups is 2. The zero-order chi connectivity index (χ0) is 18.0. The van der Waals surface area contributed by atoms with E-state index in [-0.39, 0.29) is 10.5 Å². The molecule has 130 valence electrons. The Kier molecular flexibility index (Phi) is 4.45. The van der Waals surface area contributed by atoms with Crippen LogP contribution in [0.2, 0.25) is 0 Å². The molecule has 1 aliphatic rings. The summed E-state index contributed by atoms with van der Waals surface area (Å²) in [6, 6.07) is 12.6. The number of hydrogen-bond donors (Lipinski definition) is 1. The van der Waals surface area contributed by atoms with Crippen LogP contribution >= 0.6 is 0 Å². The van der Waals surface area contributed by atoms with E-state index in [0.717, 1.165) is 6.26 Å². The van der Waals surface area contributed by atoms with Gasteiger partial charge in [0.25, 0.3) is 5.91 Å². The molecule has 1 saturated heterocycles. The van der Waals surface area contributed by atoms with Crippen LogP contribution in [0.3, 0.4) is 0 Å². The molecule has 0 radical (unpaired) electrons. The molecule has 0 atom stereocenters. The summed E-state index contributed by atoms with van der Waals surface area (Å²) in [5, 5.41) is 2.70. The first-order valence-corrected chi connectivity index (χ1v) is 9.39. The minimum absolute atomic E-state index is 0.0862. The molecular formula is C17H16N2O5S. The van der Waals surface area contributed by atoms with Crippen molar-refractivity contribution in [3.8, 4) is 0 Å². The summed E-state index contributed by atoms with van der Waals surface area (Å²) in [7, 11) is -3.38. The molecule has 2 aromatic carbocycles. The Morgan fingerprint density at radius 1 is 1.16 bits per heavy atom. The molecule has 2 amide bonds. The number of nitrogens with zero attached hydrogens (tertiary/aromatic N) is 1. The predicted octanol–water partition coefficient (Wildman–Crippen LogP) is 2.30. The first kappa shape index (κ1) is 17.0. The Labute approximate surface area is 145 Å². The third kappa shape index (κ3) is 3.80. The second-order valence-electron chi connectivity index (χ2n) is 5.57.